The molecule has 0 aliphatic carbocycles. The maximum atomic E-state index is 11.2. The van der Waals surface area contributed by atoms with Crippen LogP contribution in [0.5, 0.6) is 5.75 Å². The van der Waals surface area contributed by atoms with Crippen molar-refractivity contribution in [2.45, 2.75) is 33.9 Å². The van der Waals surface area contributed by atoms with Crippen molar-refractivity contribution in [1.82, 2.24) is 9.78 Å². The van der Waals surface area contributed by atoms with Crippen LogP contribution < -0.4 is 10.1 Å². The van der Waals surface area contributed by atoms with Crippen molar-refractivity contribution in [3.63, 3.8) is 0 Å². The Kier molecular flexibility index (Phi) is 5.01. The van der Waals surface area contributed by atoms with Gasteiger partial charge >= 0.3 is 0 Å². The smallest absolute Gasteiger partial charge is 0.221 e. The number of ether oxygens (including phenoxy) is 1. The van der Waals surface area contributed by atoms with E-state index in [4.69, 9.17) is 4.74 Å². The number of nitrogens with zero attached hydrogens (tertiary/aromatic N) is 2. The summed E-state index contributed by atoms with van der Waals surface area (Å²) in [5.74, 6) is 0.516. The summed E-state index contributed by atoms with van der Waals surface area (Å²) < 4.78 is 8.72. The molecule has 1 aromatic heterocycles. The Morgan fingerprint density at radius 3 is 2.81 bits per heavy atom. The van der Waals surface area contributed by atoms with Crippen LogP contribution in [0.3, 0.4) is 0 Å². The van der Waals surface area contributed by atoms with Crippen LogP contribution in [-0.4, -0.2) is 15.7 Å². The molecule has 1 aromatic carbocycles. The summed E-state index contributed by atoms with van der Waals surface area (Å²) in [4.78, 5) is 11.2. The Morgan fingerprint density at radius 1 is 1.43 bits per heavy atom. The zero-order chi connectivity index (χ0) is 15.4. The molecule has 1 N–H and O–H groups in total. The molecule has 21 heavy (non-hydrogen) atoms. The van der Waals surface area contributed by atoms with Crippen molar-refractivity contribution in [3.05, 3.63) is 40.1 Å². The van der Waals surface area contributed by atoms with Gasteiger partial charge in [0.05, 0.1) is 21.5 Å². The van der Waals surface area contributed by atoms with E-state index in [1.807, 2.05) is 42.8 Å². The van der Waals surface area contributed by atoms with Gasteiger partial charge in [-0.2, -0.15) is 5.10 Å². The van der Waals surface area contributed by atoms with Crippen molar-refractivity contribution in [3.8, 4) is 5.75 Å². The molecule has 1 amide bonds. The highest BCUT2D eigenvalue weighted by Crippen LogP contribution is 2.27. The predicted molar refractivity (Wildman–Crippen MR) is 85.4 cm³/mol. The lowest BCUT2D eigenvalue weighted by atomic mass is 10.3. The highest BCUT2D eigenvalue weighted by molar-refractivity contribution is 9.10. The van der Waals surface area contributed by atoms with Crippen molar-refractivity contribution < 1.29 is 9.53 Å². The highest BCUT2D eigenvalue weighted by atomic mass is 79.9. The molecule has 0 saturated heterocycles. The van der Waals surface area contributed by atoms with E-state index < -0.39 is 0 Å². The zero-order valence-electron chi connectivity index (χ0n) is 12.3. The molecule has 0 radical (unpaired) electrons. The number of rotatable bonds is 5. The minimum atomic E-state index is -0.123. The Hall–Kier alpha value is -1.82. The van der Waals surface area contributed by atoms with Gasteiger partial charge < -0.3 is 10.1 Å². The quantitative estimate of drug-likeness (QED) is 0.896. The number of hydrogen-bond acceptors (Lipinski definition) is 3. The van der Waals surface area contributed by atoms with Gasteiger partial charge in [0.1, 0.15) is 12.4 Å². The molecule has 0 atom stereocenters. The molecule has 0 bridgehead atoms. The van der Waals surface area contributed by atoms with Gasteiger partial charge in [0.25, 0.3) is 0 Å². The number of benzene rings is 1. The Balaban J connectivity index is 2.19. The molecule has 1 heterocycles. The standard InChI is InChI=1S/C15H18BrN3O2/c1-4-19-13(15(16)10(2)18-19)9-21-14-8-6-5-7-12(14)17-11(3)20/h5-8H,4,9H2,1-3H3,(H,17,20). The van der Waals surface area contributed by atoms with E-state index in [0.717, 1.165) is 22.4 Å². The predicted octanol–water partition coefficient (Wildman–Crippen LogP) is 3.51. The third kappa shape index (κ3) is 3.64. The Bertz CT molecular complexity index is 652. The van der Waals surface area contributed by atoms with Gasteiger partial charge in [-0.15, -0.1) is 0 Å². The lowest BCUT2D eigenvalue weighted by Gasteiger charge is -2.12. The second-order valence-corrected chi connectivity index (χ2v) is 5.42. The fourth-order valence-corrected chi connectivity index (χ4v) is 2.44. The maximum Gasteiger partial charge on any atom is 0.221 e. The molecular weight excluding hydrogens is 334 g/mol. The monoisotopic (exact) mass is 351 g/mol. The number of carbonyl (C=O) groups is 1. The van der Waals surface area contributed by atoms with E-state index in [1.165, 1.54) is 6.92 Å². The molecule has 0 aliphatic heterocycles. The first-order valence-corrected chi connectivity index (χ1v) is 7.53. The first-order chi connectivity index (χ1) is 10.0. The summed E-state index contributed by atoms with van der Waals surface area (Å²) in [5, 5.41) is 7.19. The van der Waals surface area contributed by atoms with E-state index in [2.05, 4.69) is 26.3 Å². The number of aryl methyl sites for hydroxylation is 2. The maximum absolute atomic E-state index is 11.2. The molecule has 0 saturated carbocycles. The fourth-order valence-electron chi connectivity index (χ4n) is 2.04. The summed E-state index contributed by atoms with van der Waals surface area (Å²) in [7, 11) is 0. The number of hydrogen-bond donors (Lipinski definition) is 1. The fraction of sp³-hybridized carbons (Fsp3) is 0.333. The number of anilines is 1. The third-order valence-corrected chi connectivity index (χ3v) is 4.05. The summed E-state index contributed by atoms with van der Waals surface area (Å²) in [6.45, 7) is 6.62. The van der Waals surface area contributed by atoms with Crippen molar-refractivity contribution >= 4 is 27.5 Å². The van der Waals surface area contributed by atoms with Crippen LogP contribution >= 0.6 is 15.9 Å². The van der Waals surface area contributed by atoms with E-state index in [9.17, 15) is 4.79 Å². The van der Waals surface area contributed by atoms with Crippen LogP contribution in [0.2, 0.25) is 0 Å². The number of nitrogens with one attached hydrogen (secondary N) is 1. The molecule has 6 heteroatoms. The van der Waals surface area contributed by atoms with Gasteiger partial charge in [0.2, 0.25) is 5.91 Å². The minimum Gasteiger partial charge on any atom is -0.485 e. The first kappa shape index (κ1) is 15.6. The molecule has 2 rings (SSSR count). The van der Waals surface area contributed by atoms with Crippen LogP contribution in [0.15, 0.2) is 28.7 Å². The zero-order valence-corrected chi connectivity index (χ0v) is 13.9. The molecule has 5 nitrogen and oxygen atoms in total. The summed E-state index contributed by atoms with van der Waals surface area (Å²) in [5.41, 5.74) is 2.58. The largest absolute Gasteiger partial charge is 0.485 e. The lowest BCUT2D eigenvalue weighted by Crippen LogP contribution is -2.10. The van der Waals surface area contributed by atoms with E-state index >= 15 is 0 Å². The molecule has 112 valence electrons. The summed E-state index contributed by atoms with van der Waals surface area (Å²) in [6, 6.07) is 7.37. The average molecular weight is 352 g/mol. The van der Waals surface area contributed by atoms with Crippen molar-refractivity contribution in [1.29, 1.82) is 0 Å². The summed E-state index contributed by atoms with van der Waals surface area (Å²) in [6.07, 6.45) is 0. The lowest BCUT2D eigenvalue weighted by molar-refractivity contribution is -0.114. The van der Waals surface area contributed by atoms with Crippen LogP contribution in [0.1, 0.15) is 25.2 Å². The van der Waals surface area contributed by atoms with Crippen LogP contribution in [0.25, 0.3) is 0 Å². The van der Waals surface area contributed by atoms with Crippen LogP contribution in [0.4, 0.5) is 5.69 Å². The van der Waals surface area contributed by atoms with Crippen LogP contribution in [-0.2, 0) is 17.9 Å². The third-order valence-electron chi connectivity index (χ3n) is 3.01. The Morgan fingerprint density at radius 2 is 2.14 bits per heavy atom. The van der Waals surface area contributed by atoms with Gasteiger partial charge in [0.15, 0.2) is 0 Å². The van der Waals surface area contributed by atoms with Gasteiger partial charge in [-0.1, -0.05) is 12.1 Å². The van der Waals surface area contributed by atoms with Crippen molar-refractivity contribution in [2.75, 3.05) is 5.32 Å². The van der Waals surface area contributed by atoms with E-state index in [0.29, 0.717) is 18.0 Å². The Labute approximate surface area is 132 Å². The number of aromatic nitrogens is 2. The highest BCUT2D eigenvalue weighted by Gasteiger charge is 2.13. The minimum absolute atomic E-state index is 0.123. The van der Waals surface area contributed by atoms with Crippen molar-refractivity contribution in [2.24, 2.45) is 0 Å². The van der Waals surface area contributed by atoms with E-state index in [1.54, 1.807) is 0 Å². The second kappa shape index (κ2) is 6.76. The first-order valence-electron chi connectivity index (χ1n) is 6.74. The number of para-hydroxylation sites is 2. The summed E-state index contributed by atoms with van der Waals surface area (Å²) >= 11 is 3.54. The van der Waals surface area contributed by atoms with Crippen LogP contribution in [0, 0.1) is 6.92 Å². The van der Waals surface area contributed by atoms with Gasteiger partial charge in [-0.05, 0) is 41.9 Å². The second-order valence-electron chi connectivity index (χ2n) is 4.63. The molecule has 0 aliphatic rings. The van der Waals surface area contributed by atoms with E-state index in [-0.39, 0.29) is 5.91 Å². The molecular formula is C15H18BrN3O2. The number of halogens is 1. The average Bonchev–Trinajstić information content (AvgIpc) is 2.73. The molecule has 2 aromatic rings. The normalized spacial score (nSPS) is 10.5. The van der Waals surface area contributed by atoms with Gasteiger partial charge in [-0.3, -0.25) is 9.48 Å². The molecule has 0 unspecified atom stereocenters. The topological polar surface area (TPSA) is 56.1 Å². The molecule has 0 spiro atoms. The van der Waals surface area contributed by atoms with Gasteiger partial charge in [-0.25, -0.2) is 0 Å². The number of carbonyl (C=O) groups excluding carboxylic acids is 1. The van der Waals surface area contributed by atoms with Gasteiger partial charge in [0, 0.05) is 13.5 Å². The number of amides is 1. The SMILES string of the molecule is CCn1nc(C)c(Br)c1COc1ccccc1NC(C)=O. The molecule has 0 fully saturated rings.